The molecule has 0 fully saturated rings. The van der Waals surface area contributed by atoms with Gasteiger partial charge >= 0.3 is 10.4 Å². The van der Waals surface area contributed by atoms with Crippen LogP contribution >= 0.6 is 0 Å². The molecule has 0 saturated carbocycles. The number of rotatable bonds is 7. The van der Waals surface area contributed by atoms with Crippen LogP contribution in [0.4, 0.5) is 9.18 Å². The van der Waals surface area contributed by atoms with E-state index in [0.29, 0.717) is 0 Å². The van der Waals surface area contributed by atoms with E-state index in [-0.39, 0.29) is 0 Å². The molecule has 0 aliphatic carbocycles. The number of carbonyl (C=O) groups is 1. The van der Waals surface area contributed by atoms with Crippen LogP contribution < -0.4 is 5.32 Å². The van der Waals surface area contributed by atoms with Gasteiger partial charge < -0.3 is 14.5 Å². The van der Waals surface area contributed by atoms with Gasteiger partial charge in [0.15, 0.2) is 6.04 Å². The molecule has 0 radical (unpaired) electrons. The Morgan fingerprint density at radius 3 is 1.71 bits per heavy atom. The van der Waals surface area contributed by atoms with Gasteiger partial charge in [-0.2, -0.15) is 0 Å². The molecule has 3 rings (SSSR count). The third-order valence-corrected chi connectivity index (χ3v) is 9.71. The Kier molecular flexibility index (Phi) is 6.90. The van der Waals surface area contributed by atoms with Crippen LogP contribution in [-0.4, -0.2) is 32.9 Å². The summed E-state index contributed by atoms with van der Waals surface area (Å²) in [6, 6.07) is 12.7. The van der Waals surface area contributed by atoms with E-state index in [2.05, 4.69) is 5.32 Å². The second-order valence-electron chi connectivity index (χ2n) is 8.31. The van der Waals surface area contributed by atoms with Gasteiger partial charge in [-0.1, -0.05) is 36.4 Å². The third kappa shape index (κ3) is 4.71. The number of furan rings is 1. The molecule has 1 heterocycles. The standard InChI is InChI=1S/C23H24FNO7S2/c1-22(2,3)32-21(26)25-20(19-15-10-16-31-19)23(24,33(27,28)17-11-6-4-7-12-17)34(29,30)18-13-8-5-9-14-18/h4-16,20H,1-3H3,(H,25,26). The van der Waals surface area contributed by atoms with Gasteiger partial charge in [0.2, 0.25) is 19.7 Å². The zero-order valence-corrected chi connectivity index (χ0v) is 20.3. The van der Waals surface area contributed by atoms with Crippen LogP contribution in [0.15, 0.2) is 93.3 Å². The van der Waals surface area contributed by atoms with Crippen LogP contribution in [-0.2, 0) is 24.4 Å². The molecule has 2 aromatic carbocycles. The molecule has 1 aromatic heterocycles. The molecule has 0 aliphatic heterocycles. The highest BCUT2D eigenvalue weighted by Gasteiger charge is 2.64. The van der Waals surface area contributed by atoms with Gasteiger partial charge in [-0.15, -0.1) is 0 Å². The van der Waals surface area contributed by atoms with Gasteiger partial charge in [0, 0.05) is 0 Å². The molecule has 0 aliphatic rings. The van der Waals surface area contributed by atoms with E-state index in [9.17, 15) is 21.6 Å². The van der Waals surface area contributed by atoms with Crippen molar-refractivity contribution < 1.29 is 35.2 Å². The van der Waals surface area contributed by atoms with E-state index in [1.807, 2.05) is 0 Å². The minimum Gasteiger partial charge on any atom is -0.467 e. The molecule has 1 amide bonds. The van der Waals surface area contributed by atoms with Gasteiger partial charge in [0.1, 0.15) is 11.4 Å². The minimum absolute atomic E-state index is 0.438. The lowest BCUT2D eigenvalue weighted by molar-refractivity contribution is 0.0471. The monoisotopic (exact) mass is 509 g/mol. The second-order valence-corrected chi connectivity index (χ2v) is 12.7. The van der Waals surface area contributed by atoms with Gasteiger partial charge in [-0.05, 0) is 57.2 Å². The van der Waals surface area contributed by atoms with Gasteiger partial charge in [-0.25, -0.2) is 26.0 Å². The smallest absolute Gasteiger partial charge is 0.408 e. The van der Waals surface area contributed by atoms with Crippen LogP contribution in [0.2, 0.25) is 0 Å². The first-order valence-electron chi connectivity index (χ1n) is 10.1. The Bertz CT molecular complexity index is 1260. The van der Waals surface area contributed by atoms with E-state index in [4.69, 9.17) is 9.15 Å². The van der Waals surface area contributed by atoms with E-state index in [1.165, 1.54) is 42.5 Å². The number of hydrogen-bond donors (Lipinski definition) is 1. The lowest BCUT2D eigenvalue weighted by Gasteiger charge is -2.33. The van der Waals surface area contributed by atoms with Crippen molar-refractivity contribution in [3.8, 4) is 0 Å². The summed E-state index contributed by atoms with van der Waals surface area (Å²) < 4.78 is 78.2. The summed E-state index contributed by atoms with van der Waals surface area (Å²) >= 11 is 0. The molecule has 3 aromatic rings. The Balaban J connectivity index is 2.31. The molecule has 0 bridgehead atoms. The van der Waals surface area contributed by atoms with Gasteiger partial charge in [0.05, 0.1) is 16.1 Å². The number of alkyl carbamates (subject to hydrolysis) is 1. The average molecular weight is 510 g/mol. The third-order valence-electron chi connectivity index (χ3n) is 4.67. The predicted octanol–water partition coefficient (Wildman–Crippen LogP) is 4.42. The number of sulfone groups is 2. The normalized spacial score (nSPS) is 13.8. The SMILES string of the molecule is CC(C)(C)OC(=O)NC(c1ccco1)C(F)(S(=O)(=O)c1ccccc1)S(=O)(=O)c1ccccc1. The Morgan fingerprint density at radius 1 is 0.853 bits per heavy atom. The van der Waals surface area contributed by atoms with Crippen molar-refractivity contribution in [2.75, 3.05) is 0 Å². The fourth-order valence-electron chi connectivity index (χ4n) is 3.18. The van der Waals surface area contributed by atoms with Crippen molar-refractivity contribution in [3.63, 3.8) is 0 Å². The van der Waals surface area contributed by atoms with E-state index >= 15 is 4.39 Å². The number of ether oxygens (including phenoxy) is 1. The summed E-state index contributed by atoms with van der Waals surface area (Å²) in [5.41, 5.74) is -1.03. The summed E-state index contributed by atoms with van der Waals surface area (Å²) in [5, 5.41) is 2.08. The Hall–Kier alpha value is -3.18. The molecular weight excluding hydrogens is 485 g/mol. The molecule has 0 saturated heterocycles. The lowest BCUT2D eigenvalue weighted by atomic mass is 10.2. The van der Waals surface area contributed by atoms with E-state index < -0.39 is 57.3 Å². The summed E-state index contributed by atoms with van der Waals surface area (Å²) in [6.45, 7) is 4.62. The largest absolute Gasteiger partial charge is 0.467 e. The highest BCUT2D eigenvalue weighted by molar-refractivity contribution is 8.10. The highest BCUT2D eigenvalue weighted by Crippen LogP contribution is 2.46. The zero-order chi connectivity index (χ0) is 25.2. The maximum atomic E-state index is 17.2. The maximum absolute atomic E-state index is 17.2. The molecule has 1 unspecified atom stereocenters. The molecule has 182 valence electrons. The predicted molar refractivity (Wildman–Crippen MR) is 122 cm³/mol. The number of halogens is 1. The number of benzene rings is 2. The summed E-state index contributed by atoms with van der Waals surface area (Å²) in [4.78, 5) is 11.4. The van der Waals surface area contributed by atoms with Crippen LogP contribution in [0.3, 0.4) is 0 Å². The minimum atomic E-state index is -5.31. The number of hydrogen-bond acceptors (Lipinski definition) is 7. The van der Waals surface area contributed by atoms with Crippen molar-refractivity contribution in [1.29, 1.82) is 0 Å². The fourth-order valence-corrected chi connectivity index (χ4v) is 7.56. The first-order chi connectivity index (χ1) is 15.8. The Morgan fingerprint density at radius 2 is 1.32 bits per heavy atom. The van der Waals surface area contributed by atoms with Gasteiger partial charge in [-0.3, -0.25) is 0 Å². The molecule has 34 heavy (non-hydrogen) atoms. The van der Waals surface area contributed by atoms with E-state index in [0.717, 1.165) is 36.6 Å². The second kappa shape index (κ2) is 9.22. The first-order valence-corrected chi connectivity index (χ1v) is 13.1. The van der Waals surface area contributed by atoms with Crippen LogP contribution in [0.5, 0.6) is 0 Å². The maximum Gasteiger partial charge on any atom is 0.408 e. The van der Waals surface area contributed by atoms with Crippen LogP contribution in [0.25, 0.3) is 0 Å². The van der Waals surface area contributed by atoms with Crippen LogP contribution in [0.1, 0.15) is 32.6 Å². The lowest BCUT2D eigenvalue weighted by Crippen LogP contribution is -2.53. The van der Waals surface area contributed by atoms with E-state index in [1.54, 1.807) is 20.8 Å². The number of alkyl halides is 1. The fraction of sp³-hybridized carbons (Fsp3) is 0.261. The summed E-state index contributed by atoms with van der Waals surface area (Å²) in [5.74, 6) is -0.438. The van der Waals surface area contributed by atoms with Crippen molar-refractivity contribution >= 4 is 25.8 Å². The average Bonchev–Trinajstić information content (AvgIpc) is 3.31. The van der Waals surface area contributed by atoms with Crippen molar-refractivity contribution in [2.45, 2.75) is 46.5 Å². The quantitative estimate of drug-likeness (QED) is 0.501. The molecular formula is C23H24FNO7S2. The summed E-state index contributed by atoms with van der Waals surface area (Å²) in [7, 11) is -10.6. The molecule has 1 N–H and O–H groups in total. The number of carbonyl (C=O) groups excluding carboxylic acids is 1. The van der Waals surface area contributed by atoms with Crippen molar-refractivity contribution in [1.82, 2.24) is 5.32 Å². The molecule has 1 atom stereocenters. The molecule has 8 nitrogen and oxygen atoms in total. The first kappa shape index (κ1) is 25.4. The topological polar surface area (TPSA) is 120 Å². The molecule has 0 spiro atoms. The highest BCUT2D eigenvalue weighted by atomic mass is 32.3. The van der Waals surface area contributed by atoms with Crippen molar-refractivity contribution in [3.05, 3.63) is 84.8 Å². The van der Waals surface area contributed by atoms with Gasteiger partial charge in [0.25, 0.3) is 0 Å². The number of amides is 1. The number of nitrogens with one attached hydrogen (secondary N) is 1. The zero-order valence-electron chi connectivity index (χ0n) is 18.6. The summed E-state index contributed by atoms with van der Waals surface area (Å²) in [6.07, 6.45) is -0.133. The Labute approximate surface area is 197 Å². The van der Waals surface area contributed by atoms with Crippen molar-refractivity contribution in [2.24, 2.45) is 0 Å². The van der Waals surface area contributed by atoms with Crippen LogP contribution in [0, 0.1) is 0 Å². The molecule has 11 heteroatoms.